The quantitative estimate of drug-likeness (QED) is 0.492. The first-order chi connectivity index (χ1) is 9.63. The molecule has 2 aliphatic rings. The molecule has 0 saturated carbocycles. The van der Waals surface area contributed by atoms with Crippen LogP contribution >= 0.6 is 0 Å². The van der Waals surface area contributed by atoms with Gasteiger partial charge in [0.25, 0.3) is 5.91 Å². The highest BCUT2D eigenvalue weighted by atomic mass is 32.2. The van der Waals surface area contributed by atoms with Gasteiger partial charge < -0.3 is 16.0 Å². The van der Waals surface area contributed by atoms with Gasteiger partial charge in [0.2, 0.25) is 5.91 Å². The minimum Gasteiger partial charge on any atom is -0.338 e. The molecule has 2 heterocycles. The lowest BCUT2D eigenvalue weighted by atomic mass is 9.99. The van der Waals surface area contributed by atoms with Gasteiger partial charge in [-0.1, -0.05) is 0 Å². The summed E-state index contributed by atoms with van der Waals surface area (Å²) < 4.78 is 22.2. The van der Waals surface area contributed by atoms with E-state index in [1.165, 1.54) is 4.90 Å². The van der Waals surface area contributed by atoms with Crippen molar-refractivity contribution < 1.29 is 22.8 Å². The molecule has 4 N–H and O–H groups in total. The van der Waals surface area contributed by atoms with Crippen molar-refractivity contribution in [2.75, 3.05) is 25.1 Å². The number of amides is 4. The van der Waals surface area contributed by atoms with Crippen LogP contribution in [-0.2, 0) is 19.4 Å². The third kappa shape index (κ3) is 3.32. The molecule has 4 amide bonds. The van der Waals surface area contributed by atoms with Crippen LogP contribution < -0.4 is 16.4 Å². The number of nitrogens with zero attached hydrogens (tertiary/aromatic N) is 1. The molecule has 0 aromatic carbocycles. The van der Waals surface area contributed by atoms with Crippen molar-refractivity contribution in [3.05, 3.63) is 0 Å². The number of nitrogens with one attached hydrogen (secondary N) is 2. The van der Waals surface area contributed by atoms with Crippen molar-refractivity contribution in [3.8, 4) is 0 Å². The number of carbonyl (C=O) groups is 3. The van der Waals surface area contributed by atoms with Crippen LogP contribution in [0.2, 0.25) is 0 Å². The molecule has 0 bridgehead atoms. The summed E-state index contributed by atoms with van der Waals surface area (Å²) in [4.78, 5) is 36.5. The number of likely N-dealkylation sites (tertiary alicyclic amines) is 1. The zero-order valence-electron chi connectivity index (χ0n) is 11.6. The van der Waals surface area contributed by atoms with Gasteiger partial charge in [-0.25, -0.2) is 13.2 Å². The number of nitrogens with two attached hydrogens (primary N) is 1. The molecule has 21 heavy (non-hydrogen) atoms. The molecule has 0 aliphatic carbocycles. The predicted octanol–water partition coefficient (Wildman–Crippen LogP) is -2.44. The molecule has 1 spiro atoms. The Morgan fingerprint density at radius 2 is 2.14 bits per heavy atom. The normalized spacial score (nSPS) is 26.9. The summed E-state index contributed by atoms with van der Waals surface area (Å²) in [7, 11) is -3.19. The largest absolute Gasteiger partial charge is 0.338 e. The average Bonchev–Trinajstić information content (AvgIpc) is 2.90. The Kier molecular flexibility index (Phi) is 3.93. The third-order valence-electron chi connectivity index (χ3n) is 3.71. The fraction of sp³-hybridized carbons (Fsp3) is 0.727. The summed E-state index contributed by atoms with van der Waals surface area (Å²) in [6.45, 7) is 0.342. The van der Waals surface area contributed by atoms with Gasteiger partial charge in [0, 0.05) is 12.8 Å². The van der Waals surface area contributed by atoms with Gasteiger partial charge in [-0.3, -0.25) is 14.9 Å². The third-order valence-corrected chi connectivity index (χ3v) is 4.69. The molecule has 2 rings (SSSR count). The van der Waals surface area contributed by atoms with E-state index >= 15 is 0 Å². The van der Waals surface area contributed by atoms with Gasteiger partial charge in [-0.05, 0) is 12.8 Å². The van der Waals surface area contributed by atoms with Crippen molar-refractivity contribution in [1.29, 1.82) is 0 Å². The van der Waals surface area contributed by atoms with E-state index in [1.54, 1.807) is 0 Å². The van der Waals surface area contributed by atoms with E-state index in [0.717, 1.165) is 6.26 Å². The second-order valence-electron chi connectivity index (χ2n) is 5.53. The number of sulfone groups is 1. The number of rotatable bonds is 4. The molecule has 2 fully saturated rings. The lowest BCUT2D eigenvalue weighted by molar-refractivity contribution is -0.132. The van der Waals surface area contributed by atoms with Gasteiger partial charge in [-0.2, -0.15) is 0 Å². The second kappa shape index (κ2) is 5.26. The first-order valence-electron chi connectivity index (χ1n) is 6.49. The summed E-state index contributed by atoms with van der Waals surface area (Å²) >= 11 is 0. The molecule has 2 saturated heterocycles. The number of carbonyl (C=O) groups excluding carboxylic acids is 3. The zero-order chi connectivity index (χ0) is 15.8. The Morgan fingerprint density at radius 3 is 2.67 bits per heavy atom. The molecule has 2 unspecified atom stereocenters. The van der Waals surface area contributed by atoms with E-state index in [2.05, 4.69) is 10.6 Å². The molecular formula is C11H18N4O5S. The van der Waals surface area contributed by atoms with Crippen LogP contribution in [0.1, 0.15) is 12.8 Å². The maximum atomic E-state index is 12.2. The van der Waals surface area contributed by atoms with E-state index in [9.17, 15) is 22.8 Å². The van der Waals surface area contributed by atoms with Gasteiger partial charge >= 0.3 is 6.03 Å². The molecule has 10 heteroatoms. The Balaban J connectivity index is 1.96. The Labute approximate surface area is 122 Å². The molecule has 9 nitrogen and oxygen atoms in total. The van der Waals surface area contributed by atoms with Crippen LogP contribution in [0.4, 0.5) is 4.79 Å². The highest BCUT2D eigenvalue weighted by molar-refractivity contribution is 7.90. The van der Waals surface area contributed by atoms with Crippen molar-refractivity contribution >= 4 is 27.7 Å². The molecule has 0 aromatic heterocycles. The van der Waals surface area contributed by atoms with E-state index in [4.69, 9.17) is 5.73 Å². The Hall–Kier alpha value is -1.68. The summed E-state index contributed by atoms with van der Waals surface area (Å²) in [5.41, 5.74) is 4.63. The van der Waals surface area contributed by atoms with Gasteiger partial charge in [0.05, 0.1) is 18.3 Å². The van der Waals surface area contributed by atoms with Gasteiger partial charge in [0.1, 0.15) is 15.4 Å². The fourth-order valence-electron chi connectivity index (χ4n) is 2.51. The Morgan fingerprint density at radius 1 is 1.48 bits per heavy atom. The van der Waals surface area contributed by atoms with E-state index in [1.807, 2.05) is 0 Å². The maximum absolute atomic E-state index is 12.2. The van der Waals surface area contributed by atoms with Crippen LogP contribution in [0.3, 0.4) is 0 Å². The lowest BCUT2D eigenvalue weighted by Crippen LogP contribution is -2.51. The molecule has 2 atom stereocenters. The minimum atomic E-state index is -3.19. The van der Waals surface area contributed by atoms with Crippen molar-refractivity contribution in [2.24, 2.45) is 5.73 Å². The number of imide groups is 1. The topological polar surface area (TPSA) is 139 Å². The SMILES string of the molecule is CS(=O)(=O)CCC(N)C(=O)N1CCC2(C1)NC(=O)NC2=O. The van der Waals surface area contributed by atoms with Crippen LogP contribution in [0.5, 0.6) is 0 Å². The molecule has 2 aliphatic heterocycles. The lowest BCUT2D eigenvalue weighted by Gasteiger charge is -2.23. The first-order valence-corrected chi connectivity index (χ1v) is 8.55. The van der Waals surface area contributed by atoms with E-state index in [-0.39, 0.29) is 18.7 Å². The van der Waals surface area contributed by atoms with Crippen molar-refractivity contribution in [3.63, 3.8) is 0 Å². The van der Waals surface area contributed by atoms with Gasteiger partial charge in [0.15, 0.2) is 0 Å². The number of urea groups is 1. The van der Waals surface area contributed by atoms with Crippen LogP contribution in [0.15, 0.2) is 0 Å². The summed E-state index contributed by atoms with van der Waals surface area (Å²) in [5.74, 6) is -1.03. The standard InChI is InChI=1S/C11H18N4O5S/c1-21(19,20)5-2-7(12)8(16)15-4-3-11(6-15)9(17)13-10(18)14-11/h7H,2-6,12H2,1H3,(H2,13,14,17,18). The van der Waals surface area contributed by atoms with Crippen LogP contribution in [0, 0.1) is 0 Å². The zero-order valence-corrected chi connectivity index (χ0v) is 12.4. The first kappa shape index (κ1) is 15.7. The summed E-state index contributed by atoms with van der Waals surface area (Å²) in [6, 6.07) is -1.51. The maximum Gasteiger partial charge on any atom is 0.322 e. The molecule has 0 aromatic rings. The Bertz CT molecular complexity index is 589. The summed E-state index contributed by atoms with van der Waals surface area (Å²) in [5, 5.41) is 4.67. The van der Waals surface area contributed by atoms with E-state index < -0.39 is 39.3 Å². The van der Waals surface area contributed by atoms with E-state index in [0.29, 0.717) is 13.0 Å². The molecule has 118 valence electrons. The molecule has 0 radical (unpaired) electrons. The smallest absolute Gasteiger partial charge is 0.322 e. The highest BCUT2D eigenvalue weighted by Gasteiger charge is 2.51. The average molecular weight is 318 g/mol. The predicted molar refractivity (Wildman–Crippen MR) is 72.9 cm³/mol. The fourth-order valence-corrected chi connectivity index (χ4v) is 3.19. The van der Waals surface area contributed by atoms with Crippen molar-refractivity contribution in [1.82, 2.24) is 15.5 Å². The molecular weight excluding hydrogens is 300 g/mol. The summed E-state index contributed by atoms with van der Waals surface area (Å²) in [6.07, 6.45) is 1.42. The van der Waals surface area contributed by atoms with Crippen molar-refractivity contribution in [2.45, 2.75) is 24.4 Å². The second-order valence-corrected chi connectivity index (χ2v) is 7.78. The number of hydrogen-bond donors (Lipinski definition) is 3. The highest BCUT2D eigenvalue weighted by Crippen LogP contribution is 2.25. The van der Waals surface area contributed by atoms with Crippen LogP contribution in [-0.4, -0.2) is 67.8 Å². The number of hydrogen-bond acceptors (Lipinski definition) is 6. The monoisotopic (exact) mass is 318 g/mol. The van der Waals surface area contributed by atoms with Gasteiger partial charge in [-0.15, -0.1) is 0 Å². The van der Waals surface area contributed by atoms with Crippen LogP contribution in [0.25, 0.3) is 0 Å². The minimum absolute atomic E-state index is 0.0275.